The molecule has 0 bridgehead atoms. The maximum Gasteiger partial charge on any atom is 0.228 e. The lowest BCUT2D eigenvalue weighted by Gasteiger charge is -2.23. The molecule has 4 nitrogen and oxygen atoms in total. The van der Waals surface area contributed by atoms with Crippen molar-refractivity contribution in [1.82, 2.24) is 5.32 Å². The molecule has 2 rings (SSSR count). The van der Waals surface area contributed by atoms with E-state index in [4.69, 9.17) is 0 Å². The number of nitrogens with one attached hydrogen (secondary N) is 2. The van der Waals surface area contributed by atoms with Gasteiger partial charge in [0.15, 0.2) is 0 Å². The Morgan fingerprint density at radius 3 is 2.09 bits per heavy atom. The van der Waals surface area contributed by atoms with Gasteiger partial charge in [-0.3, -0.25) is 9.59 Å². The van der Waals surface area contributed by atoms with E-state index in [-0.39, 0.29) is 34.6 Å². The topological polar surface area (TPSA) is 58.2 Å². The Balaban J connectivity index is 2.01. The van der Waals surface area contributed by atoms with Crippen LogP contribution in [0.15, 0.2) is 24.3 Å². The van der Waals surface area contributed by atoms with E-state index in [1.54, 1.807) is 0 Å². The van der Waals surface area contributed by atoms with Crippen molar-refractivity contribution in [3.8, 4) is 0 Å². The highest BCUT2D eigenvalue weighted by Gasteiger charge is 2.48. The van der Waals surface area contributed by atoms with Crippen LogP contribution in [-0.2, 0) is 15.0 Å². The summed E-state index contributed by atoms with van der Waals surface area (Å²) in [6, 6.07) is 7.85. The van der Waals surface area contributed by atoms with Crippen LogP contribution in [0, 0.1) is 11.8 Å². The first-order chi connectivity index (χ1) is 10.5. The van der Waals surface area contributed by atoms with Gasteiger partial charge in [-0.05, 0) is 44.2 Å². The lowest BCUT2D eigenvalue weighted by molar-refractivity contribution is -0.126. The van der Waals surface area contributed by atoms with Crippen LogP contribution in [0.1, 0.15) is 53.5 Å². The fraction of sp³-hybridized carbons (Fsp3) is 0.579. The molecule has 2 amide bonds. The summed E-state index contributed by atoms with van der Waals surface area (Å²) < 4.78 is 0. The second kappa shape index (κ2) is 5.99. The zero-order valence-electron chi connectivity index (χ0n) is 15.0. The third-order valence-electron chi connectivity index (χ3n) is 3.96. The summed E-state index contributed by atoms with van der Waals surface area (Å²) in [6.07, 6.45) is 0.630. The third-order valence-corrected chi connectivity index (χ3v) is 3.96. The molecule has 1 aromatic rings. The zero-order chi connectivity index (χ0) is 17.4. The van der Waals surface area contributed by atoms with Crippen molar-refractivity contribution < 1.29 is 9.59 Å². The summed E-state index contributed by atoms with van der Waals surface area (Å²) in [5.41, 5.74) is 1.63. The van der Waals surface area contributed by atoms with E-state index in [2.05, 4.69) is 31.4 Å². The fourth-order valence-electron chi connectivity index (χ4n) is 2.71. The van der Waals surface area contributed by atoms with Crippen molar-refractivity contribution in [2.45, 2.75) is 58.9 Å². The normalized spacial score (nSPS) is 20.8. The van der Waals surface area contributed by atoms with Gasteiger partial charge in [0.25, 0.3) is 0 Å². The molecule has 2 unspecified atom stereocenters. The second-order valence-electron chi connectivity index (χ2n) is 8.47. The first-order valence-electron chi connectivity index (χ1n) is 8.21. The van der Waals surface area contributed by atoms with Crippen LogP contribution >= 0.6 is 0 Å². The molecule has 4 heteroatoms. The van der Waals surface area contributed by atoms with Gasteiger partial charge < -0.3 is 10.6 Å². The molecule has 2 atom stereocenters. The number of carbonyl (C=O) groups excluding carboxylic acids is 2. The number of hydrogen-bond acceptors (Lipinski definition) is 2. The summed E-state index contributed by atoms with van der Waals surface area (Å²) in [4.78, 5) is 24.6. The third kappa shape index (κ3) is 4.57. The molecule has 2 N–H and O–H groups in total. The average Bonchev–Trinajstić information content (AvgIpc) is 3.16. The number of carbonyl (C=O) groups is 2. The van der Waals surface area contributed by atoms with E-state index in [9.17, 15) is 9.59 Å². The zero-order valence-corrected chi connectivity index (χ0v) is 15.0. The number of rotatable bonds is 3. The number of anilines is 1. The van der Waals surface area contributed by atoms with Gasteiger partial charge in [-0.1, -0.05) is 39.0 Å². The highest BCUT2D eigenvalue weighted by Crippen LogP contribution is 2.40. The standard InChI is InChI=1S/C19H28N2O2/c1-18(2,3)14-9-7-8-10-15(14)20-16(22)12-11-13(12)17(23)21-19(4,5)6/h7-10,12-13H,11H2,1-6H3,(H,20,22)(H,21,23). The largest absolute Gasteiger partial charge is 0.351 e. The van der Waals surface area contributed by atoms with Crippen molar-refractivity contribution in [3.05, 3.63) is 29.8 Å². The van der Waals surface area contributed by atoms with Crippen LogP contribution in [0.2, 0.25) is 0 Å². The van der Waals surface area contributed by atoms with Crippen LogP contribution in [0.5, 0.6) is 0 Å². The molecule has 0 spiro atoms. The minimum atomic E-state index is -0.264. The monoisotopic (exact) mass is 316 g/mol. The molecule has 0 radical (unpaired) electrons. The van der Waals surface area contributed by atoms with Gasteiger partial charge in [-0.15, -0.1) is 0 Å². The molecule has 0 aromatic heterocycles. The molecule has 0 heterocycles. The van der Waals surface area contributed by atoms with Gasteiger partial charge in [0.1, 0.15) is 0 Å². The van der Waals surface area contributed by atoms with Crippen molar-refractivity contribution in [2.24, 2.45) is 11.8 Å². The maximum absolute atomic E-state index is 12.4. The van der Waals surface area contributed by atoms with Crippen LogP contribution in [0.25, 0.3) is 0 Å². The molecule has 1 aliphatic rings. The van der Waals surface area contributed by atoms with E-state index in [1.165, 1.54) is 0 Å². The highest BCUT2D eigenvalue weighted by molar-refractivity contribution is 6.00. The van der Waals surface area contributed by atoms with Gasteiger partial charge in [0, 0.05) is 11.2 Å². The van der Waals surface area contributed by atoms with Crippen molar-refractivity contribution in [1.29, 1.82) is 0 Å². The van der Waals surface area contributed by atoms with E-state index in [1.807, 2.05) is 45.0 Å². The van der Waals surface area contributed by atoms with Crippen LogP contribution in [0.4, 0.5) is 5.69 Å². The lowest BCUT2D eigenvalue weighted by Crippen LogP contribution is -2.42. The quantitative estimate of drug-likeness (QED) is 0.897. The van der Waals surface area contributed by atoms with E-state index < -0.39 is 0 Å². The van der Waals surface area contributed by atoms with Gasteiger partial charge in [0.2, 0.25) is 11.8 Å². The van der Waals surface area contributed by atoms with Crippen LogP contribution in [-0.4, -0.2) is 17.4 Å². The van der Waals surface area contributed by atoms with E-state index >= 15 is 0 Å². The van der Waals surface area contributed by atoms with Crippen molar-refractivity contribution in [3.63, 3.8) is 0 Å². The van der Waals surface area contributed by atoms with E-state index in [0.717, 1.165) is 11.3 Å². The first kappa shape index (κ1) is 17.5. The number of amides is 2. The van der Waals surface area contributed by atoms with Crippen LogP contribution < -0.4 is 10.6 Å². The number of benzene rings is 1. The van der Waals surface area contributed by atoms with Crippen molar-refractivity contribution >= 4 is 17.5 Å². The van der Waals surface area contributed by atoms with Gasteiger partial charge in [-0.2, -0.15) is 0 Å². The Hall–Kier alpha value is -1.84. The molecule has 1 aliphatic carbocycles. The molecular weight excluding hydrogens is 288 g/mol. The molecule has 1 fully saturated rings. The summed E-state index contributed by atoms with van der Waals surface area (Å²) in [7, 11) is 0. The molecule has 1 aromatic carbocycles. The minimum Gasteiger partial charge on any atom is -0.351 e. The second-order valence-corrected chi connectivity index (χ2v) is 8.47. The molecule has 0 aliphatic heterocycles. The number of para-hydroxylation sites is 1. The maximum atomic E-state index is 12.4. The predicted octanol–water partition coefficient (Wildman–Crippen LogP) is 3.47. The first-order valence-corrected chi connectivity index (χ1v) is 8.21. The fourth-order valence-corrected chi connectivity index (χ4v) is 2.71. The Morgan fingerprint density at radius 2 is 1.52 bits per heavy atom. The highest BCUT2D eigenvalue weighted by atomic mass is 16.2. The van der Waals surface area contributed by atoms with Gasteiger partial charge >= 0.3 is 0 Å². The minimum absolute atomic E-state index is 0.0262. The molecule has 1 saturated carbocycles. The van der Waals surface area contributed by atoms with E-state index in [0.29, 0.717) is 6.42 Å². The summed E-state index contributed by atoms with van der Waals surface area (Å²) >= 11 is 0. The summed E-state index contributed by atoms with van der Waals surface area (Å²) in [5.74, 6) is -0.501. The Bertz CT molecular complexity index is 609. The Labute approximate surface area is 139 Å². The lowest BCUT2D eigenvalue weighted by atomic mass is 9.86. The van der Waals surface area contributed by atoms with Crippen LogP contribution in [0.3, 0.4) is 0 Å². The molecule has 0 saturated heterocycles. The Kier molecular flexibility index (Phi) is 4.56. The summed E-state index contributed by atoms with van der Waals surface area (Å²) in [6.45, 7) is 12.2. The Morgan fingerprint density at radius 1 is 0.957 bits per heavy atom. The predicted molar refractivity (Wildman–Crippen MR) is 93.3 cm³/mol. The average molecular weight is 316 g/mol. The smallest absolute Gasteiger partial charge is 0.228 e. The number of hydrogen-bond donors (Lipinski definition) is 2. The summed E-state index contributed by atoms with van der Waals surface area (Å²) in [5, 5.41) is 5.95. The molecular formula is C19H28N2O2. The van der Waals surface area contributed by atoms with Gasteiger partial charge in [-0.25, -0.2) is 0 Å². The SMILES string of the molecule is CC(C)(C)NC(=O)C1CC1C(=O)Nc1ccccc1C(C)(C)C. The molecule has 126 valence electrons. The van der Waals surface area contributed by atoms with Crippen molar-refractivity contribution in [2.75, 3.05) is 5.32 Å². The molecule has 23 heavy (non-hydrogen) atoms. The van der Waals surface area contributed by atoms with Gasteiger partial charge in [0.05, 0.1) is 11.8 Å².